The second kappa shape index (κ2) is 11.2. The second-order valence-electron chi connectivity index (χ2n) is 7.03. The van der Waals surface area contributed by atoms with Crippen molar-refractivity contribution in [2.45, 2.75) is 18.9 Å². The molecule has 0 saturated carbocycles. The van der Waals surface area contributed by atoms with E-state index in [1.165, 1.54) is 0 Å². The maximum atomic E-state index is 12.8. The van der Waals surface area contributed by atoms with E-state index in [9.17, 15) is 9.59 Å². The summed E-state index contributed by atoms with van der Waals surface area (Å²) >= 11 is 6.16. The van der Waals surface area contributed by atoms with E-state index in [1.54, 1.807) is 31.4 Å². The Morgan fingerprint density at radius 3 is 2.35 bits per heavy atom. The molecule has 0 spiro atoms. The zero-order valence-corrected chi connectivity index (χ0v) is 18.1. The van der Waals surface area contributed by atoms with Gasteiger partial charge in [0.1, 0.15) is 5.75 Å². The number of hydrogen-bond donors (Lipinski definition) is 2. The van der Waals surface area contributed by atoms with Gasteiger partial charge in [0.2, 0.25) is 5.91 Å². The molecule has 0 fully saturated rings. The van der Waals surface area contributed by atoms with Crippen LogP contribution in [0.3, 0.4) is 0 Å². The van der Waals surface area contributed by atoms with Gasteiger partial charge in [0, 0.05) is 6.54 Å². The van der Waals surface area contributed by atoms with Crippen molar-refractivity contribution in [3.05, 3.63) is 101 Å². The highest BCUT2D eigenvalue weighted by Gasteiger charge is 2.20. The van der Waals surface area contributed by atoms with E-state index in [0.717, 1.165) is 16.9 Å². The minimum atomic E-state index is -0.476. The number of hydrogen-bond acceptors (Lipinski definition) is 3. The maximum absolute atomic E-state index is 12.8. The van der Waals surface area contributed by atoms with Crippen LogP contribution in [-0.2, 0) is 11.2 Å². The molecule has 0 bridgehead atoms. The Labute approximate surface area is 187 Å². The van der Waals surface area contributed by atoms with Crippen LogP contribution in [-0.4, -0.2) is 25.5 Å². The van der Waals surface area contributed by atoms with Gasteiger partial charge in [-0.05, 0) is 35.7 Å². The van der Waals surface area contributed by atoms with Crippen molar-refractivity contribution in [3.63, 3.8) is 0 Å². The molecule has 3 rings (SSSR count). The van der Waals surface area contributed by atoms with Gasteiger partial charge in [0.25, 0.3) is 5.91 Å². The maximum Gasteiger partial charge on any atom is 0.253 e. The molecule has 31 heavy (non-hydrogen) atoms. The van der Waals surface area contributed by atoms with Crippen molar-refractivity contribution in [1.29, 1.82) is 0 Å². The Kier molecular flexibility index (Phi) is 8.07. The molecular formula is C25H25ClN2O3. The van der Waals surface area contributed by atoms with Gasteiger partial charge < -0.3 is 15.4 Å². The van der Waals surface area contributed by atoms with Crippen molar-refractivity contribution in [2.24, 2.45) is 0 Å². The number of nitrogens with one attached hydrogen (secondary N) is 2. The molecular weight excluding hydrogens is 412 g/mol. The van der Waals surface area contributed by atoms with E-state index >= 15 is 0 Å². The van der Waals surface area contributed by atoms with Crippen LogP contribution in [0.15, 0.2) is 78.9 Å². The monoisotopic (exact) mass is 436 g/mol. The summed E-state index contributed by atoms with van der Waals surface area (Å²) in [6.45, 7) is 0.471. The molecule has 6 heteroatoms. The number of carbonyl (C=O) groups is 2. The summed E-state index contributed by atoms with van der Waals surface area (Å²) in [4.78, 5) is 25.4. The molecule has 0 aliphatic rings. The lowest BCUT2D eigenvalue weighted by Gasteiger charge is -2.19. The molecule has 0 aliphatic heterocycles. The average molecular weight is 437 g/mol. The highest BCUT2D eigenvalue weighted by molar-refractivity contribution is 6.33. The number of para-hydroxylation sites is 1. The summed E-state index contributed by atoms with van der Waals surface area (Å²) in [6.07, 6.45) is 0.768. The van der Waals surface area contributed by atoms with Crippen LogP contribution >= 0.6 is 11.6 Å². The Balaban J connectivity index is 1.64. The molecule has 2 amide bonds. The van der Waals surface area contributed by atoms with Crippen molar-refractivity contribution < 1.29 is 14.3 Å². The number of methoxy groups -OCH3 is 1. The molecule has 160 valence electrons. The Hall–Kier alpha value is -3.31. The fraction of sp³-hybridized carbons (Fsp3) is 0.200. The smallest absolute Gasteiger partial charge is 0.253 e. The van der Waals surface area contributed by atoms with Gasteiger partial charge in [-0.3, -0.25) is 9.59 Å². The minimum Gasteiger partial charge on any atom is -0.496 e. The highest BCUT2D eigenvalue weighted by Crippen LogP contribution is 2.21. The van der Waals surface area contributed by atoms with Gasteiger partial charge in [0.05, 0.1) is 30.2 Å². The minimum absolute atomic E-state index is 0.117. The fourth-order valence-electron chi connectivity index (χ4n) is 3.32. The largest absolute Gasteiger partial charge is 0.496 e. The number of rotatable bonds is 9. The van der Waals surface area contributed by atoms with Crippen LogP contribution in [0.1, 0.15) is 33.9 Å². The van der Waals surface area contributed by atoms with Gasteiger partial charge in [-0.15, -0.1) is 0 Å². The van der Waals surface area contributed by atoms with Crippen molar-refractivity contribution in [1.82, 2.24) is 10.6 Å². The Morgan fingerprint density at radius 2 is 1.61 bits per heavy atom. The molecule has 0 heterocycles. The first-order valence-electron chi connectivity index (χ1n) is 10.1. The molecule has 1 unspecified atom stereocenters. The Bertz CT molecular complexity index is 1020. The van der Waals surface area contributed by atoms with Crippen LogP contribution in [0.2, 0.25) is 5.02 Å². The first kappa shape index (κ1) is 22.4. The predicted octanol–water partition coefficient (Wildman–Crippen LogP) is 4.57. The van der Waals surface area contributed by atoms with E-state index in [4.69, 9.17) is 16.3 Å². The fourth-order valence-corrected chi connectivity index (χ4v) is 3.54. The van der Waals surface area contributed by atoms with Gasteiger partial charge in [-0.2, -0.15) is 0 Å². The first-order chi connectivity index (χ1) is 15.1. The number of ether oxygens (including phenoxy) is 1. The van der Waals surface area contributed by atoms with Crippen molar-refractivity contribution in [2.75, 3.05) is 13.7 Å². The van der Waals surface area contributed by atoms with Crippen molar-refractivity contribution >= 4 is 23.4 Å². The lowest BCUT2D eigenvalue weighted by atomic mass is 10.0. The van der Waals surface area contributed by atoms with Crippen LogP contribution in [0.4, 0.5) is 0 Å². The molecule has 0 radical (unpaired) electrons. The molecule has 3 aromatic rings. The number of benzene rings is 3. The molecule has 3 aromatic carbocycles. The van der Waals surface area contributed by atoms with E-state index in [1.807, 2.05) is 54.6 Å². The zero-order chi connectivity index (χ0) is 22.1. The standard InChI is InChI=1S/C25H25ClN2O3/c1-31-23-14-8-5-11-19(23)15-16-27-24(29)17-22(18-9-3-2-4-10-18)28-25(30)20-12-6-7-13-21(20)26/h2-14,22H,15-17H2,1H3,(H,27,29)(H,28,30). The van der Waals surface area contributed by atoms with E-state index in [0.29, 0.717) is 23.6 Å². The third-order valence-corrected chi connectivity index (χ3v) is 5.25. The van der Waals surface area contributed by atoms with Crippen LogP contribution in [0.5, 0.6) is 5.75 Å². The summed E-state index contributed by atoms with van der Waals surface area (Å²) < 4.78 is 5.35. The Morgan fingerprint density at radius 1 is 0.935 bits per heavy atom. The normalized spacial score (nSPS) is 11.4. The third kappa shape index (κ3) is 6.33. The summed E-state index contributed by atoms with van der Waals surface area (Å²) in [5.74, 6) is 0.329. The van der Waals surface area contributed by atoms with E-state index < -0.39 is 6.04 Å². The van der Waals surface area contributed by atoms with E-state index in [-0.39, 0.29) is 18.2 Å². The quantitative estimate of drug-likeness (QED) is 0.516. The number of carbonyl (C=O) groups excluding carboxylic acids is 2. The number of halogens is 1. The van der Waals surface area contributed by atoms with Gasteiger partial charge in [-0.25, -0.2) is 0 Å². The second-order valence-corrected chi connectivity index (χ2v) is 7.44. The molecule has 0 aliphatic carbocycles. The summed E-state index contributed by atoms with van der Waals surface area (Å²) in [5.41, 5.74) is 2.25. The lowest BCUT2D eigenvalue weighted by molar-refractivity contribution is -0.121. The summed E-state index contributed by atoms with van der Waals surface area (Å²) in [7, 11) is 1.63. The molecule has 2 N–H and O–H groups in total. The van der Waals surface area contributed by atoms with Gasteiger partial charge >= 0.3 is 0 Å². The van der Waals surface area contributed by atoms with Crippen molar-refractivity contribution in [3.8, 4) is 5.75 Å². The lowest BCUT2D eigenvalue weighted by Crippen LogP contribution is -2.34. The third-order valence-electron chi connectivity index (χ3n) is 4.92. The highest BCUT2D eigenvalue weighted by atomic mass is 35.5. The van der Waals surface area contributed by atoms with Crippen LogP contribution < -0.4 is 15.4 Å². The van der Waals surface area contributed by atoms with Crippen LogP contribution in [0.25, 0.3) is 0 Å². The van der Waals surface area contributed by atoms with Gasteiger partial charge in [0.15, 0.2) is 0 Å². The van der Waals surface area contributed by atoms with E-state index in [2.05, 4.69) is 10.6 Å². The number of amides is 2. The van der Waals surface area contributed by atoms with Gasteiger partial charge in [-0.1, -0.05) is 72.3 Å². The van der Waals surface area contributed by atoms with Crippen LogP contribution in [0, 0.1) is 0 Å². The molecule has 5 nitrogen and oxygen atoms in total. The topological polar surface area (TPSA) is 67.4 Å². The SMILES string of the molecule is COc1ccccc1CCNC(=O)CC(NC(=O)c1ccccc1Cl)c1ccccc1. The summed E-state index contributed by atoms with van der Waals surface area (Å²) in [6, 6.07) is 23.5. The average Bonchev–Trinajstić information content (AvgIpc) is 2.79. The predicted molar refractivity (Wildman–Crippen MR) is 122 cm³/mol. The zero-order valence-electron chi connectivity index (χ0n) is 17.3. The summed E-state index contributed by atoms with van der Waals surface area (Å²) in [5, 5.41) is 6.25. The molecule has 0 aromatic heterocycles. The first-order valence-corrected chi connectivity index (χ1v) is 10.4. The molecule has 0 saturated heterocycles. The molecule has 1 atom stereocenters.